The third-order valence-corrected chi connectivity index (χ3v) is 5.68. The van der Waals surface area contributed by atoms with E-state index in [2.05, 4.69) is 5.32 Å². The van der Waals surface area contributed by atoms with E-state index in [9.17, 15) is 9.59 Å². The van der Waals surface area contributed by atoms with E-state index >= 15 is 0 Å². The summed E-state index contributed by atoms with van der Waals surface area (Å²) >= 11 is 0. The zero-order valence-corrected chi connectivity index (χ0v) is 19.1. The Morgan fingerprint density at radius 1 is 1.03 bits per heavy atom. The number of methoxy groups -OCH3 is 4. The minimum Gasteiger partial charge on any atom is -0.493 e. The van der Waals surface area contributed by atoms with Gasteiger partial charge >= 0.3 is 0 Å². The number of rotatable bonds is 12. The SMILES string of the molecule is COc1ccc(CCNC(=O)CN(CC(OC)OC)C(=O)C2CCCCC2)cc1OC. The highest BCUT2D eigenvalue weighted by Gasteiger charge is 2.29. The number of hydrogen-bond donors (Lipinski definition) is 1. The lowest BCUT2D eigenvalue weighted by atomic mass is 9.88. The molecular weight excluding hydrogens is 400 g/mol. The van der Waals surface area contributed by atoms with Gasteiger partial charge in [0.15, 0.2) is 17.8 Å². The molecule has 2 amide bonds. The quantitative estimate of drug-likeness (QED) is 0.507. The molecule has 8 nitrogen and oxygen atoms in total. The predicted molar refractivity (Wildman–Crippen MR) is 117 cm³/mol. The summed E-state index contributed by atoms with van der Waals surface area (Å²) in [5.74, 6) is 1.10. The summed E-state index contributed by atoms with van der Waals surface area (Å²) in [4.78, 5) is 27.2. The van der Waals surface area contributed by atoms with Gasteiger partial charge in [-0.1, -0.05) is 25.3 Å². The lowest BCUT2D eigenvalue weighted by Crippen LogP contribution is -2.47. The summed E-state index contributed by atoms with van der Waals surface area (Å²) in [6.45, 7) is 0.674. The second kappa shape index (κ2) is 13.2. The monoisotopic (exact) mass is 436 g/mol. The molecule has 1 fully saturated rings. The van der Waals surface area contributed by atoms with Gasteiger partial charge < -0.3 is 29.2 Å². The van der Waals surface area contributed by atoms with Crippen LogP contribution in [0.3, 0.4) is 0 Å². The van der Waals surface area contributed by atoms with Gasteiger partial charge in [-0.05, 0) is 37.0 Å². The minimum absolute atomic E-state index is 0.00819. The molecule has 1 aromatic carbocycles. The van der Waals surface area contributed by atoms with E-state index in [1.54, 1.807) is 19.1 Å². The predicted octanol–water partition coefficient (Wildman–Crippen LogP) is 2.39. The van der Waals surface area contributed by atoms with Gasteiger partial charge in [-0.25, -0.2) is 0 Å². The van der Waals surface area contributed by atoms with Crippen molar-refractivity contribution in [3.8, 4) is 11.5 Å². The van der Waals surface area contributed by atoms with Gasteiger partial charge in [0.25, 0.3) is 0 Å². The maximum Gasteiger partial charge on any atom is 0.239 e. The molecule has 1 aliphatic rings. The summed E-state index contributed by atoms with van der Waals surface area (Å²) in [5, 5.41) is 2.91. The Labute approximate surface area is 185 Å². The Bertz CT molecular complexity index is 701. The molecule has 2 rings (SSSR count). The van der Waals surface area contributed by atoms with Crippen LogP contribution in [0.15, 0.2) is 18.2 Å². The Kier molecular flexibility index (Phi) is 10.6. The number of amides is 2. The molecule has 8 heteroatoms. The minimum atomic E-state index is -0.563. The lowest BCUT2D eigenvalue weighted by Gasteiger charge is -2.30. The fourth-order valence-corrected chi connectivity index (χ4v) is 3.88. The molecule has 1 aliphatic carbocycles. The number of benzene rings is 1. The summed E-state index contributed by atoms with van der Waals surface area (Å²) in [6, 6.07) is 5.68. The molecule has 0 aliphatic heterocycles. The molecule has 0 radical (unpaired) electrons. The van der Waals surface area contributed by atoms with Crippen molar-refractivity contribution in [3.05, 3.63) is 23.8 Å². The largest absolute Gasteiger partial charge is 0.493 e. The maximum atomic E-state index is 13.0. The highest BCUT2D eigenvalue weighted by atomic mass is 16.7. The lowest BCUT2D eigenvalue weighted by molar-refractivity contribution is -0.152. The van der Waals surface area contributed by atoms with Gasteiger partial charge in [-0.2, -0.15) is 0 Å². The van der Waals surface area contributed by atoms with Crippen molar-refractivity contribution in [2.75, 3.05) is 48.1 Å². The van der Waals surface area contributed by atoms with Crippen LogP contribution in [-0.2, 0) is 25.5 Å². The fraction of sp³-hybridized carbons (Fsp3) is 0.652. The van der Waals surface area contributed by atoms with Gasteiger partial charge in [-0.15, -0.1) is 0 Å². The third kappa shape index (κ3) is 7.70. The maximum absolute atomic E-state index is 13.0. The van der Waals surface area contributed by atoms with Crippen LogP contribution in [0, 0.1) is 5.92 Å². The second-order valence-electron chi connectivity index (χ2n) is 7.74. The van der Waals surface area contributed by atoms with Crippen molar-refractivity contribution in [2.45, 2.75) is 44.8 Å². The number of hydrogen-bond acceptors (Lipinski definition) is 6. The number of nitrogens with one attached hydrogen (secondary N) is 1. The highest BCUT2D eigenvalue weighted by Crippen LogP contribution is 2.28. The molecule has 0 bridgehead atoms. The molecule has 1 N–H and O–H groups in total. The highest BCUT2D eigenvalue weighted by molar-refractivity contribution is 5.86. The fourth-order valence-electron chi connectivity index (χ4n) is 3.88. The average molecular weight is 437 g/mol. The summed E-state index contributed by atoms with van der Waals surface area (Å²) in [5.41, 5.74) is 1.02. The molecule has 31 heavy (non-hydrogen) atoms. The molecule has 0 aromatic heterocycles. The standard InChI is InChI=1S/C23H36N2O6/c1-28-19-11-10-17(14-20(19)29-2)12-13-24-21(26)15-25(16-22(30-3)31-4)23(27)18-8-6-5-7-9-18/h10-11,14,18,22H,5-9,12-13,15-16H2,1-4H3,(H,24,26). The third-order valence-electron chi connectivity index (χ3n) is 5.68. The van der Waals surface area contributed by atoms with Gasteiger partial charge in [0.2, 0.25) is 11.8 Å². The molecule has 0 unspecified atom stereocenters. The van der Waals surface area contributed by atoms with Crippen LogP contribution in [0.1, 0.15) is 37.7 Å². The normalized spacial score (nSPS) is 14.4. The van der Waals surface area contributed by atoms with Crippen LogP contribution in [0.2, 0.25) is 0 Å². The Morgan fingerprint density at radius 2 is 1.71 bits per heavy atom. The van der Waals surface area contributed by atoms with E-state index in [-0.39, 0.29) is 30.8 Å². The first-order valence-electron chi connectivity index (χ1n) is 10.8. The van der Waals surface area contributed by atoms with E-state index in [4.69, 9.17) is 18.9 Å². The number of ether oxygens (including phenoxy) is 4. The van der Waals surface area contributed by atoms with Crippen LogP contribution in [0.5, 0.6) is 11.5 Å². The molecule has 0 atom stereocenters. The number of carbonyl (C=O) groups is 2. The van der Waals surface area contributed by atoms with Gasteiger partial charge in [0, 0.05) is 26.7 Å². The van der Waals surface area contributed by atoms with Crippen molar-refractivity contribution in [3.63, 3.8) is 0 Å². The van der Waals surface area contributed by atoms with Crippen LogP contribution >= 0.6 is 0 Å². The second-order valence-corrected chi connectivity index (χ2v) is 7.74. The first-order chi connectivity index (χ1) is 15.0. The molecule has 0 saturated heterocycles. The van der Waals surface area contributed by atoms with Crippen LogP contribution in [0.25, 0.3) is 0 Å². The molecule has 1 saturated carbocycles. The van der Waals surface area contributed by atoms with Gasteiger partial charge in [0.1, 0.15) is 0 Å². The van der Waals surface area contributed by atoms with E-state index in [1.165, 1.54) is 20.6 Å². The van der Waals surface area contributed by atoms with Gasteiger partial charge in [0.05, 0.1) is 27.3 Å². The smallest absolute Gasteiger partial charge is 0.239 e. The number of carbonyl (C=O) groups excluding carboxylic acids is 2. The molecule has 174 valence electrons. The summed E-state index contributed by atoms with van der Waals surface area (Å²) in [7, 11) is 6.24. The number of nitrogens with zero attached hydrogens (tertiary/aromatic N) is 1. The van der Waals surface area contributed by atoms with Gasteiger partial charge in [-0.3, -0.25) is 9.59 Å². The van der Waals surface area contributed by atoms with Crippen molar-refractivity contribution in [2.24, 2.45) is 5.92 Å². The van der Waals surface area contributed by atoms with Crippen molar-refractivity contribution < 1.29 is 28.5 Å². The van der Waals surface area contributed by atoms with Crippen molar-refractivity contribution in [1.29, 1.82) is 0 Å². The Balaban J connectivity index is 1.92. The molecule has 0 heterocycles. The molecule has 1 aromatic rings. The Morgan fingerprint density at radius 3 is 2.32 bits per heavy atom. The van der Waals surface area contributed by atoms with Crippen LogP contribution in [0.4, 0.5) is 0 Å². The van der Waals surface area contributed by atoms with E-state index in [0.717, 1.165) is 31.2 Å². The van der Waals surface area contributed by atoms with Crippen molar-refractivity contribution >= 4 is 11.8 Å². The van der Waals surface area contributed by atoms with Crippen LogP contribution in [-0.4, -0.2) is 71.1 Å². The van der Waals surface area contributed by atoms with E-state index < -0.39 is 6.29 Å². The topological polar surface area (TPSA) is 86.3 Å². The molecule has 0 spiro atoms. The Hall–Kier alpha value is -2.32. The van der Waals surface area contributed by atoms with E-state index in [1.807, 2.05) is 18.2 Å². The zero-order valence-electron chi connectivity index (χ0n) is 19.1. The van der Waals surface area contributed by atoms with Crippen molar-refractivity contribution in [1.82, 2.24) is 10.2 Å². The first kappa shape index (κ1) is 24.9. The van der Waals surface area contributed by atoms with Crippen LogP contribution < -0.4 is 14.8 Å². The first-order valence-corrected chi connectivity index (χ1v) is 10.8. The summed E-state index contributed by atoms with van der Waals surface area (Å²) in [6.07, 6.45) is 5.11. The average Bonchev–Trinajstić information content (AvgIpc) is 2.81. The summed E-state index contributed by atoms with van der Waals surface area (Å²) < 4.78 is 21.1. The van der Waals surface area contributed by atoms with E-state index in [0.29, 0.717) is 24.5 Å². The molecular formula is C23H36N2O6. The zero-order chi connectivity index (χ0) is 22.6.